The van der Waals surface area contributed by atoms with E-state index in [1.54, 1.807) is 23.9 Å². The van der Waals surface area contributed by atoms with Crippen molar-refractivity contribution in [2.24, 2.45) is 0 Å². The number of nitrogens with zero attached hydrogens (tertiary/aromatic N) is 1. The van der Waals surface area contributed by atoms with Crippen LogP contribution in [0.25, 0.3) is 6.08 Å². The molecule has 128 valence electrons. The molecule has 0 atom stereocenters. The van der Waals surface area contributed by atoms with Crippen LogP contribution in [-0.4, -0.2) is 21.7 Å². The van der Waals surface area contributed by atoms with Gasteiger partial charge in [-0.05, 0) is 29.8 Å². The molecule has 1 amide bonds. The molecule has 0 bridgehead atoms. The molecule has 1 aromatic heterocycles. The maximum Gasteiger partial charge on any atom is 0.266 e. The Bertz CT molecular complexity index is 842. The van der Waals surface area contributed by atoms with Crippen LogP contribution in [0.4, 0.5) is 0 Å². The molecule has 3 rings (SSSR count). The van der Waals surface area contributed by atoms with Gasteiger partial charge in [-0.1, -0.05) is 65.6 Å². The number of furan rings is 1. The first-order valence-electron chi connectivity index (χ1n) is 7.40. The number of hydrogen-bond acceptors (Lipinski definition) is 5. The lowest BCUT2D eigenvalue weighted by Gasteiger charge is -2.10. The normalized spacial score (nSPS) is 16.0. The van der Waals surface area contributed by atoms with Crippen molar-refractivity contribution in [3.8, 4) is 0 Å². The fraction of sp³-hybridized carbons (Fsp3) is 0.111. The van der Waals surface area contributed by atoms with Crippen LogP contribution in [0.5, 0.6) is 0 Å². The Kier molecular flexibility index (Phi) is 6.06. The lowest BCUT2D eigenvalue weighted by molar-refractivity contribution is -0.121. The van der Waals surface area contributed by atoms with Crippen LogP contribution in [0, 0.1) is 0 Å². The summed E-state index contributed by atoms with van der Waals surface area (Å²) in [6.45, 7) is 4.06. The highest BCUT2D eigenvalue weighted by Crippen LogP contribution is 2.33. The summed E-state index contributed by atoms with van der Waals surface area (Å²) < 4.78 is 6.32. The molecule has 1 aliphatic heterocycles. The molecule has 7 heteroatoms. The fourth-order valence-corrected chi connectivity index (χ4v) is 4.34. The summed E-state index contributed by atoms with van der Waals surface area (Å²) in [5.41, 5.74) is 1.16. The second-order valence-electron chi connectivity index (χ2n) is 5.15. The lowest BCUT2D eigenvalue weighted by Crippen LogP contribution is -2.27. The molecule has 2 heterocycles. The van der Waals surface area contributed by atoms with Gasteiger partial charge < -0.3 is 4.42 Å². The smallest absolute Gasteiger partial charge is 0.266 e. The largest absolute Gasteiger partial charge is 0.450 e. The zero-order valence-corrected chi connectivity index (χ0v) is 16.3. The maximum absolute atomic E-state index is 12.3. The molecule has 1 aliphatic rings. The third-order valence-electron chi connectivity index (χ3n) is 3.36. The molecular weight excluding hydrogens is 394 g/mol. The van der Waals surface area contributed by atoms with Crippen molar-refractivity contribution < 1.29 is 9.21 Å². The van der Waals surface area contributed by atoms with Gasteiger partial charge in [-0.3, -0.25) is 9.69 Å². The SMILES string of the molecule is C=CCN1C(=O)/C(=C/c2ccc(SCc3ccc(Cl)cc3)o2)SC1=S. The van der Waals surface area contributed by atoms with Crippen molar-refractivity contribution in [2.45, 2.75) is 10.8 Å². The number of benzene rings is 1. The molecule has 0 N–H and O–H groups in total. The summed E-state index contributed by atoms with van der Waals surface area (Å²) in [4.78, 5) is 14.4. The lowest BCUT2D eigenvalue weighted by atomic mass is 10.2. The van der Waals surface area contributed by atoms with Gasteiger partial charge in [0.15, 0.2) is 5.09 Å². The minimum absolute atomic E-state index is 0.110. The standard InChI is InChI=1S/C18H14ClNO2S3/c1-2-9-20-17(21)15(25-18(20)23)10-14-7-8-16(22-14)24-11-12-3-5-13(19)6-4-12/h2-8,10H,1,9,11H2/b15-10-. The highest BCUT2D eigenvalue weighted by Gasteiger charge is 2.31. The van der Waals surface area contributed by atoms with Crippen molar-refractivity contribution in [1.29, 1.82) is 0 Å². The topological polar surface area (TPSA) is 33.5 Å². The average Bonchev–Trinajstić information content (AvgIpc) is 3.15. The van der Waals surface area contributed by atoms with Crippen molar-refractivity contribution in [3.05, 3.63) is 70.3 Å². The summed E-state index contributed by atoms with van der Waals surface area (Å²) in [5, 5.41) is 1.52. The molecule has 2 aromatic rings. The summed E-state index contributed by atoms with van der Waals surface area (Å²) >= 11 is 14.0. The van der Waals surface area contributed by atoms with E-state index in [9.17, 15) is 4.79 Å². The van der Waals surface area contributed by atoms with Crippen LogP contribution in [0.2, 0.25) is 5.02 Å². The quantitative estimate of drug-likeness (QED) is 0.269. The Morgan fingerprint density at radius 3 is 2.76 bits per heavy atom. The molecule has 0 unspecified atom stereocenters. The first kappa shape index (κ1) is 18.3. The summed E-state index contributed by atoms with van der Waals surface area (Å²) in [6.07, 6.45) is 3.39. The second kappa shape index (κ2) is 8.27. The predicted octanol–water partition coefficient (Wildman–Crippen LogP) is 5.61. The highest BCUT2D eigenvalue weighted by atomic mass is 35.5. The van der Waals surface area contributed by atoms with E-state index in [1.807, 2.05) is 36.4 Å². The molecule has 0 radical (unpaired) electrons. The van der Waals surface area contributed by atoms with Crippen molar-refractivity contribution in [3.63, 3.8) is 0 Å². The van der Waals surface area contributed by atoms with Gasteiger partial charge in [0.25, 0.3) is 5.91 Å². The number of rotatable bonds is 6. The van der Waals surface area contributed by atoms with Crippen LogP contribution in [-0.2, 0) is 10.5 Å². The van der Waals surface area contributed by atoms with Crippen molar-refractivity contribution in [2.75, 3.05) is 6.54 Å². The summed E-state index contributed by atoms with van der Waals surface area (Å²) in [6, 6.07) is 11.5. The van der Waals surface area contributed by atoms with Crippen molar-refractivity contribution in [1.82, 2.24) is 4.90 Å². The number of thiocarbonyl (C=S) groups is 1. The van der Waals surface area contributed by atoms with E-state index >= 15 is 0 Å². The Morgan fingerprint density at radius 1 is 1.28 bits per heavy atom. The predicted molar refractivity (Wildman–Crippen MR) is 110 cm³/mol. The molecular formula is C18H14ClNO2S3. The van der Waals surface area contributed by atoms with Crippen molar-refractivity contribution >= 4 is 63.6 Å². The van der Waals surface area contributed by atoms with E-state index in [-0.39, 0.29) is 5.91 Å². The van der Waals surface area contributed by atoms with Gasteiger partial charge >= 0.3 is 0 Å². The van der Waals surface area contributed by atoms with Crippen LogP contribution in [0.3, 0.4) is 0 Å². The Balaban J connectivity index is 1.65. The molecule has 0 spiro atoms. The summed E-state index contributed by atoms with van der Waals surface area (Å²) in [7, 11) is 0. The first-order chi connectivity index (χ1) is 12.1. The molecule has 25 heavy (non-hydrogen) atoms. The van der Waals surface area contributed by atoms with Crippen LogP contribution < -0.4 is 0 Å². The Hall–Kier alpha value is -1.47. The van der Waals surface area contributed by atoms with Crippen LogP contribution >= 0.6 is 47.3 Å². The number of thioether (sulfide) groups is 2. The van der Waals surface area contributed by atoms with Gasteiger partial charge in [0, 0.05) is 23.4 Å². The zero-order chi connectivity index (χ0) is 17.8. The average molecular weight is 408 g/mol. The van der Waals surface area contributed by atoms with Crippen LogP contribution in [0.15, 0.2) is 63.5 Å². The molecule has 3 nitrogen and oxygen atoms in total. The van der Waals surface area contributed by atoms with Gasteiger partial charge in [-0.2, -0.15) is 0 Å². The van der Waals surface area contributed by atoms with Gasteiger partial charge in [0.1, 0.15) is 10.1 Å². The van der Waals surface area contributed by atoms with E-state index in [2.05, 4.69) is 6.58 Å². The van der Waals surface area contributed by atoms with Crippen LogP contribution in [0.1, 0.15) is 11.3 Å². The molecule has 1 aromatic carbocycles. The third-order valence-corrected chi connectivity index (χ3v) is 5.97. The third kappa shape index (κ3) is 4.58. The molecule has 0 saturated carbocycles. The molecule has 1 fully saturated rings. The molecule has 0 aliphatic carbocycles. The van der Waals surface area contributed by atoms with E-state index in [0.717, 1.165) is 21.4 Å². The summed E-state index contributed by atoms with van der Waals surface area (Å²) in [5.74, 6) is 1.31. The van der Waals surface area contributed by atoms with E-state index in [4.69, 9.17) is 28.2 Å². The number of hydrogen-bond donors (Lipinski definition) is 0. The molecule has 1 saturated heterocycles. The fourth-order valence-electron chi connectivity index (χ4n) is 2.14. The number of carbonyl (C=O) groups is 1. The van der Waals surface area contributed by atoms with E-state index in [1.165, 1.54) is 16.7 Å². The number of halogens is 1. The zero-order valence-electron chi connectivity index (χ0n) is 13.1. The van der Waals surface area contributed by atoms with Gasteiger partial charge in [-0.25, -0.2) is 0 Å². The minimum Gasteiger partial charge on any atom is -0.450 e. The monoisotopic (exact) mass is 407 g/mol. The second-order valence-corrected chi connectivity index (χ2v) is 8.24. The number of amides is 1. The van der Waals surface area contributed by atoms with Gasteiger partial charge in [0.2, 0.25) is 0 Å². The van der Waals surface area contributed by atoms with Gasteiger partial charge in [0.05, 0.1) is 4.91 Å². The van der Waals surface area contributed by atoms with E-state index in [0.29, 0.717) is 21.5 Å². The number of carbonyl (C=O) groups excluding carboxylic acids is 1. The maximum atomic E-state index is 12.3. The first-order valence-corrected chi connectivity index (χ1v) is 9.99. The van der Waals surface area contributed by atoms with Gasteiger partial charge in [-0.15, -0.1) is 6.58 Å². The van der Waals surface area contributed by atoms with E-state index < -0.39 is 0 Å². The minimum atomic E-state index is -0.110. The Labute approximate surface area is 165 Å². The highest BCUT2D eigenvalue weighted by molar-refractivity contribution is 8.26. The Morgan fingerprint density at radius 2 is 2.04 bits per heavy atom.